The zero-order valence-electron chi connectivity index (χ0n) is 23.2. The minimum Gasteiger partial charge on any atom is -0.453 e. The van der Waals surface area contributed by atoms with E-state index in [-0.39, 0.29) is 30.8 Å². The second kappa shape index (κ2) is 16.6. The van der Waals surface area contributed by atoms with Crippen LogP contribution in [-0.4, -0.2) is 58.9 Å². The molecule has 0 saturated heterocycles. The number of nitrogens with zero attached hydrogens (tertiary/aromatic N) is 2. The molecular formula is C30H40ClN5O4. The summed E-state index contributed by atoms with van der Waals surface area (Å²) >= 11 is 0. The fraction of sp³-hybridized carbons (Fsp3) is 0.367. The van der Waals surface area contributed by atoms with Crippen LogP contribution in [0.3, 0.4) is 0 Å². The maximum Gasteiger partial charge on any atom is 0.407 e. The normalized spacial score (nSPS) is 13.8. The first-order valence-electron chi connectivity index (χ1n) is 13.2. The third-order valence-electron chi connectivity index (χ3n) is 6.77. The quantitative estimate of drug-likeness (QED) is 0.182. The first kappa shape index (κ1) is 32.7. The lowest BCUT2D eigenvalue weighted by Crippen LogP contribution is -2.57. The number of hydrazine groups is 1. The van der Waals surface area contributed by atoms with E-state index < -0.39 is 24.3 Å². The molecule has 0 aliphatic rings. The Morgan fingerprint density at radius 3 is 2.27 bits per heavy atom. The lowest BCUT2D eigenvalue weighted by Gasteiger charge is -2.30. The van der Waals surface area contributed by atoms with Gasteiger partial charge in [-0.05, 0) is 35.6 Å². The molecule has 3 rings (SSSR count). The number of aromatic nitrogens is 1. The summed E-state index contributed by atoms with van der Waals surface area (Å²) in [5, 5.41) is 18.3. The average molecular weight is 570 g/mol. The number of pyridine rings is 1. The number of methoxy groups -OCH3 is 1. The Labute approximate surface area is 242 Å². The molecule has 0 saturated carbocycles. The standard InChI is InChI=1S/C30H39N5O4.ClH/c1-4-21(2)28(34-30(38)39-3)29(37)33-26(18-22-10-6-5-7-11-22)27(36)20-35(31)19-23-13-15-24(16-14-23)25-12-8-9-17-32-25;/h5-17,21,26-28,36H,4,18-20,31H2,1-3H3,(H,33,37)(H,34,38);1H/t21-,26?,27?,28-;/m0./s1. The summed E-state index contributed by atoms with van der Waals surface area (Å²) in [6, 6.07) is 21.9. The Bertz CT molecular complexity index is 1170. The number of carbonyl (C=O) groups excluding carboxylic acids is 2. The highest BCUT2D eigenvalue weighted by atomic mass is 35.5. The van der Waals surface area contributed by atoms with Crippen molar-refractivity contribution in [3.8, 4) is 11.3 Å². The lowest BCUT2D eigenvalue weighted by atomic mass is 9.96. The van der Waals surface area contributed by atoms with Crippen molar-refractivity contribution in [1.82, 2.24) is 20.6 Å². The summed E-state index contributed by atoms with van der Waals surface area (Å²) in [6.45, 7) is 4.35. The summed E-state index contributed by atoms with van der Waals surface area (Å²) in [4.78, 5) is 29.5. The van der Waals surface area contributed by atoms with Crippen molar-refractivity contribution >= 4 is 24.4 Å². The van der Waals surface area contributed by atoms with Gasteiger partial charge in [-0.15, -0.1) is 12.4 Å². The van der Waals surface area contributed by atoms with Crippen LogP contribution in [-0.2, 0) is 22.5 Å². The maximum absolute atomic E-state index is 13.3. The van der Waals surface area contributed by atoms with Gasteiger partial charge in [0.25, 0.3) is 0 Å². The summed E-state index contributed by atoms with van der Waals surface area (Å²) in [5.41, 5.74) is 3.83. The Morgan fingerprint density at radius 1 is 1.00 bits per heavy atom. The first-order valence-corrected chi connectivity index (χ1v) is 13.2. The topological polar surface area (TPSA) is 130 Å². The number of amides is 2. The first-order chi connectivity index (χ1) is 18.8. The predicted octanol–water partition coefficient (Wildman–Crippen LogP) is 3.71. The number of hydrogen-bond donors (Lipinski definition) is 4. The van der Waals surface area contributed by atoms with Gasteiger partial charge in [-0.1, -0.05) is 80.9 Å². The van der Waals surface area contributed by atoms with E-state index in [2.05, 4.69) is 15.6 Å². The molecule has 0 radical (unpaired) electrons. The van der Waals surface area contributed by atoms with E-state index in [1.165, 1.54) is 12.1 Å². The number of aliphatic hydroxyl groups is 1. The summed E-state index contributed by atoms with van der Waals surface area (Å²) in [7, 11) is 1.25. The van der Waals surface area contributed by atoms with Crippen molar-refractivity contribution in [2.75, 3.05) is 13.7 Å². The molecule has 216 valence electrons. The molecule has 1 heterocycles. The van der Waals surface area contributed by atoms with Crippen LogP contribution in [0.1, 0.15) is 31.4 Å². The molecule has 2 unspecified atom stereocenters. The molecule has 10 heteroatoms. The second-order valence-corrected chi connectivity index (χ2v) is 9.71. The van der Waals surface area contributed by atoms with Gasteiger partial charge in [0.05, 0.1) is 24.9 Å². The Hall–Kier alpha value is -3.50. The van der Waals surface area contributed by atoms with E-state index in [0.717, 1.165) is 22.4 Å². The van der Waals surface area contributed by atoms with Gasteiger partial charge in [-0.3, -0.25) is 15.6 Å². The summed E-state index contributed by atoms with van der Waals surface area (Å²) < 4.78 is 4.71. The van der Waals surface area contributed by atoms with Gasteiger partial charge in [-0.2, -0.15) is 0 Å². The third kappa shape index (κ3) is 9.91. The highest BCUT2D eigenvalue weighted by Crippen LogP contribution is 2.18. The third-order valence-corrected chi connectivity index (χ3v) is 6.77. The van der Waals surface area contributed by atoms with Crippen molar-refractivity contribution in [3.05, 3.63) is 90.1 Å². The fourth-order valence-electron chi connectivity index (χ4n) is 4.29. The van der Waals surface area contributed by atoms with Crippen LogP contribution in [0.25, 0.3) is 11.3 Å². The average Bonchev–Trinajstić information content (AvgIpc) is 2.96. The van der Waals surface area contributed by atoms with Gasteiger partial charge in [0.1, 0.15) is 6.04 Å². The van der Waals surface area contributed by atoms with Crippen LogP contribution in [0.15, 0.2) is 79.0 Å². The monoisotopic (exact) mass is 569 g/mol. The van der Waals surface area contributed by atoms with Crippen molar-refractivity contribution in [3.63, 3.8) is 0 Å². The minimum absolute atomic E-state index is 0. The van der Waals surface area contributed by atoms with E-state index in [9.17, 15) is 14.7 Å². The number of benzene rings is 2. The van der Waals surface area contributed by atoms with Crippen LogP contribution in [0.4, 0.5) is 4.79 Å². The van der Waals surface area contributed by atoms with E-state index >= 15 is 0 Å². The Balaban J connectivity index is 0.00000560. The molecule has 2 amide bonds. The molecule has 1 aromatic heterocycles. The zero-order chi connectivity index (χ0) is 28.2. The predicted molar refractivity (Wildman–Crippen MR) is 158 cm³/mol. The molecule has 0 aliphatic carbocycles. The van der Waals surface area contributed by atoms with Gasteiger partial charge in [0.2, 0.25) is 5.91 Å². The van der Waals surface area contributed by atoms with Crippen molar-refractivity contribution in [2.45, 2.75) is 51.4 Å². The van der Waals surface area contributed by atoms with Gasteiger partial charge in [0, 0.05) is 24.8 Å². The number of nitrogens with one attached hydrogen (secondary N) is 2. The Kier molecular flexibility index (Phi) is 13.5. The molecule has 3 aromatic rings. The second-order valence-electron chi connectivity index (χ2n) is 9.71. The van der Waals surface area contributed by atoms with E-state index in [1.807, 2.05) is 86.6 Å². The molecule has 5 N–H and O–H groups in total. The van der Waals surface area contributed by atoms with Crippen molar-refractivity contribution in [1.29, 1.82) is 0 Å². The van der Waals surface area contributed by atoms with Crippen LogP contribution in [0.5, 0.6) is 0 Å². The van der Waals surface area contributed by atoms with Gasteiger partial charge < -0.3 is 20.5 Å². The minimum atomic E-state index is -0.970. The molecule has 40 heavy (non-hydrogen) atoms. The van der Waals surface area contributed by atoms with Crippen LogP contribution < -0.4 is 16.5 Å². The van der Waals surface area contributed by atoms with E-state index in [1.54, 1.807) is 6.20 Å². The van der Waals surface area contributed by atoms with Crippen molar-refractivity contribution < 1.29 is 19.4 Å². The molecule has 9 nitrogen and oxygen atoms in total. The molecule has 2 aromatic carbocycles. The lowest BCUT2D eigenvalue weighted by molar-refractivity contribution is -0.126. The van der Waals surface area contributed by atoms with Gasteiger partial charge >= 0.3 is 6.09 Å². The van der Waals surface area contributed by atoms with E-state index in [4.69, 9.17) is 10.6 Å². The van der Waals surface area contributed by atoms with Crippen molar-refractivity contribution in [2.24, 2.45) is 11.8 Å². The fourth-order valence-corrected chi connectivity index (χ4v) is 4.29. The van der Waals surface area contributed by atoms with Gasteiger partial charge in [0.15, 0.2) is 0 Å². The molecule has 0 spiro atoms. The number of hydrogen-bond acceptors (Lipinski definition) is 7. The van der Waals surface area contributed by atoms with Crippen LogP contribution >= 0.6 is 12.4 Å². The zero-order valence-corrected chi connectivity index (χ0v) is 24.0. The number of ether oxygens (including phenoxy) is 1. The maximum atomic E-state index is 13.3. The molecule has 4 atom stereocenters. The Morgan fingerprint density at radius 2 is 1.68 bits per heavy atom. The molecular weight excluding hydrogens is 530 g/mol. The highest BCUT2D eigenvalue weighted by Gasteiger charge is 2.30. The number of halogens is 1. The SMILES string of the molecule is CC[C@H](C)[C@H](NC(=O)OC)C(=O)NC(Cc1ccccc1)C(O)CN(N)Cc1ccc(-c2ccccn2)cc1.Cl. The molecule has 0 bridgehead atoms. The summed E-state index contributed by atoms with van der Waals surface area (Å²) in [6.07, 6.45) is 1.17. The smallest absolute Gasteiger partial charge is 0.407 e. The number of carbonyl (C=O) groups is 2. The van der Waals surface area contributed by atoms with Crippen LogP contribution in [0.2, 0.25) is 0 Å². The number of aliphatic hydroxyl groups excluding tert-OH is 1. The number of rotatable bonds is 13. The van der Waals surface area contributed by atoms with Crippen LogP contribution in [0, 0.1) is 5.92 Å². The molecule has 0 aliphatic heterocycles. The van der Waals surface area contributed by atoms with E-state index in [0.29, 0.717) is 19.4 Å². The highest BCUT2D eigenvalue weighted by molar-refractivity contribution is 5.86. The largest absolute Gasteiger partial charge is 0.453 e. The molecule has 0 fully saturated rings. The number of nitrogens with two attached hydrogens (primary N) is 1. The summed E-state index contributed by atoms with van der Waals surface area (Å²) in [5.74, 6) is 5.78. The van der Waals surface area contributed by atoms with Gasteiger partial charge in [-0.25, -0.2) is 9.80 Å². The number of alkyl carbamates (subject to hydrolysis) is 1.